The van der Waals surface area contributed by atoms with Gasteiger partial charge in [-0.2, -0.15) is 0 Å². The summed E-state index contributed by atoms with van der Waals surface area (Å²) < 4.78 is 11.1. The van der Waals surface area contributed by atoms with Crippen LogP contribution in [0, 0.1) is 0 Å². The smallest absolute Gasteiger partial charge is 0.119 e. The third kappa shape index (κ3) is 3.72. The molecule has 2 rings (SSSR count). The Morgan fingerprint density at radius 2 is 2.17 bits per heavy atom. The highest BCUT2D eigenvalue weighted by atomic mass is 16.5. The van der Waals surface area contributed by atoms with Crippen LogP contribution >= 0.6 is 0 Å². The van der Waals surface area contributed by atoms with Gasteiger partial charge in [-0.1, -0.05) is 12.1 Å². The third-order valence-corrected chi connectivity index (χ3v) is 3.39. The van der Waals surface area contributed by atoms with Crippen molar-refractivity contribution in [3.63, 3.8) is 0 Å². The van der Waals surface area contributed by atoms with E-state index in [9.17, 15) is 0 Å². The maximum absolute atomic E-state index is 5.67. The lowest BCUT2D eigenvalue weighted by Gasteiger charge is -2.20. The minimum atomic E-state index is 0.382. The molecule has 1 saturated heterocycles. The number of hydrogen-bond donors (Lipinski definition) is 1. The maximum Gasteiger partial charge on any atom is 0.119 e. The molecule has 0 radical (unpaired) electrons. The van der Waals surface area contributed by atoms with Crippen LogP contribution in [0.25, 0.3) is 0 Å². The molecular weight excluding hydrogens is 226 g/mol. The first-order valence-electron chi connectivity index (χ1n) is 6.86. The largest absolute Gasteiger partial charge is 0.494 e. The van der Waals surface area contributed by atoms with Crippen LogP contribution in [0.5, 0.6) is 5.75 Å². The highest BCUT2D eigenvalue weighted by Crippen LogP contribution is 2.16. The van der Waals surface area contributed by atoms with Gasteiger partial charge >= 0.3 is 0 Å². The van der Waals surface area contributed by atoms with Crippen LogP contribution in [-0.4, -0.2) is 25.4 Å². The molecule has 1 aliphatic rings. The van der Waals surface area contributed by atoms with Gasteiger partial charge in [-0.15, -0.1) is 0 Å². The number of ether oxygens (including phenoxy) is 2. The molecule has 2 unspecified atom stereocenters. The van der Waals surface area contributed by atoms with Gasteiger partial charge in [0.05, 0.1) is 12.7 Å². The molecule has 3 nitrogen and oxygen atoms in total. The molecule has 100 valence electrons. The minimum absolute atomic E-state index is 0.382. The first kappa shape index (κ1) is 13.4. The van der Waals surface area contributed by atoms with E-state index >= 15 is 0 Å². The normalized spacial score (nSPS) is 20.9. The van der Waals surface area contributed by atoms with E-state index in [4.69, 9.17) is 9.47 Å². The zero-order chi connectivity index (χ0) is 12.8. The summed E-state index contributed by atoms with van der Waals surface area (Å²) in [5.41, 5.74) is 1.28. The second-order valence-electron chi connectivity index (χ2n) is 4.80. The fraction of sp³-hybridized carbons (Fsp3) is 0.600. The molecule has 0 amide bonds. The van der Waals surface area contributed by atoms with E-state index in [0.717, 1.165) is 18.9 Å². The molecule has 0 aromatic heterocycles. The lowest BCUT2D eigenvalue weighted by molar-refractivity contribution is 0.0832. The molecule has 1 aromatic carbocycles. The average molecular weight is 249 g/mol. The Hall–Kier alpha value is -1.06. The highest BCUT2D eigenvalue weighted by molar-refractivity contribution is 5.27. The van der Waals surface area contributed by atoms with E-state index in [2.05, 4.69) is 24.4 Å². The van der Waals surface area contributed by atoms with E-state index in [1.165, 1.54) is 18.4 Å². The van der Waals surface area contributed by atoms with Gasteiger partial charge in [0.1, 0.15) is 5.75 Å². The van der Waals surface area contributed by atoms with Crippen molar-refractivity contribution >= 4 is 0 Å². The zero-order valence-electron chi connectivity index (χ0n) is 11.3. The lowest BCUT2D eigenvalue weighted by atomic mass is 10.1. The topological polar surface area (TPSA) is 30.5 Å². The molecule has 1 aliphatic heterocycles. The molecule has 1 fully saturated rings. The fourth-order valence-corrected chi connectivity index (χ4v) is 2.28. The van der Waals surface area contributed by atoms with Gasteiger partial charge in [0.15, 0.2) is 0 Å². The van der Waals surface area contributed by atoms with Crippen molar-refractivity contribution in [2.75, 3.05) is 13.2 Å². The number of hydrogen-bond acceptors (Lipinski definition) is 3. The Kier molecular flexibility index (Phi) is 5.02. The summed E-state index contributed by atoms with van der Waals surface area (Å²) in [4.78, 5) is 0. The summed E-state index contributed by atoms with van der Waals surface area (Å²) in [6.45, 7) is 6.71. The van der Waals surface area contributed by atoms with Crippen molar-refractivity contribution in [3.05, 3.63) is 29.8 Å². The summed E-state index contributed by atoms with van der Waals surface area (Å²) in [5.74, 6) is 0.938. The maximum atomic E-state index is 5.67. The van der Waals surface area contributed by atoms with Gasteiger partial charge in [0.25, 0.3) is 0 Å². The van der Waals surface area contributed by atoms with Crippen molar-refractivity contribution in [1.82, 2.24) is 5.32 Å². The van der Waals surface area contributed by atoms with Gasteiger partial charge in [0.2, 0.25) is 0 Å². The summed E-state index contributed by atoms with van der Waals surface area (Å²) in [5, 5.41) is 3.53. The number of nitrogens with one attached hydrogen (secondary N) is 1. The van der Waals surface area contributed by atoms with Gasteiger partial charge in [-0.3, -0.25) is 0 Å². The highest BCUT2D eigenvalue weighted by Gasteiger charge is 2.21. The van der Waals surface area contributed by atoms with Crippen LogP contribution < -0.4 is 10.1 Å². The molecule has 18 heavy (non-hydrogen) atoms. The predicted molar refractivity (Wildman–Crippen MR) is 72.9 cm³/mol. The van der Waals surface area contributed by atoms with Crippen molar-refractivity contribution in [2.24, 2.45) is 0 Å². The lowest BCUT2D eigenvalue weighted by Crippen LogP contribution is -2.36. The summed E-state index contributed by atoms with van der Waals surface area (Å²) in [6, 6.07) is 8.69. The molecule has 0 saturated carbocycles. The van der Waals surface area contributed by atoms with Crippen LogP contribution in [0.2, 0.25) is 0 Å². The molecular formula is C15H23NO2. The van der Waals surface area contributed by atoms with Gasteiger partial charge in [0, 0.05) is 19.2 Å². The summed E-state index contributed by atoms with van der Waals surface area (Å²) >= 11 is 0. The average Bonchev–Trinajstić information content (AvgIpc) is 2.92. The number of rotatable bonds is 6. The Labute approximate surface area is 109 Å². The monoisotopic (exact) mass is 249 g/mol. The first-order chi connectivity index (χ1) is 8.79. The molecule has 0 spiro atoms. The van der Waals surface area contributed by atoms with Gasteiger partial charge in [-0.05, 0) is 44.4 Å². The van der Waals surface area contributed by atoms with E-state index in [1.807, 2.05) is 19.1 Å². The SMILES string of the molecule is CCOc1ccc(CNC(C)C2CCCO2)cc1. The Bertz CT molecular complexity index is 344. The van der Waals surface area contributed by atoms with Crippen LogP contribution in [-0.2, 0) is 11.3 Å². The quantitative estimate of drug-likeness (QED) is 0.841. The van der Waals surface area contributed by atoms with Crippen molar-refractivity contribution in [1.29, 1.82) is 0 Å². The van der Waals surface area contributed by atoms with Gasteiger partial charge in [-0.25, -0.2) is 0 Å². The first-order valence-corrected chi connectivity index (χ1v) is 6.86. The summed E-state index contributed by atoms with van der Waals surface area (Å²) in [7, 11) is 0. The molecule has 0 bridgehead atoms. The van der Waals surface area contributed by atoms with E-state index in [1.54, 1.807) is 0 Å². The zero-order valence-corrected chi connectivity index (χ0v) is 11.3. The predicted octanol–water partition coefficient (Wildman–Crippen LogP) is 2.74. The second kappa shape index (κ2) is 6.76. The van der Waals surface area contributed by atoms with E-state index < -0.39 is 0 Å². The Morgan fingerprint density at radius 3 is 2.78 bits per heavy atom. The number of benzene rings is 1. The summed E-state index contributed by atoms with van der Waals surface area (Å²) in [6.07, 6.45) is 2.75. The second-order valence-corrected chi connectivity index (χ2v) is 4.80. The third-order valence-electron chi connectivity index (χ3n) is 3.39. The molecule has 1 aromatic rings. The van der Waals surface area contributed by atoms with Crippen LogP contribution in [0.4, 0.5) is 0 Å². The fourth-order valence-electron chi connectivity index (χ4n) is 2.28. The van der Waals surface area contributed by atoms with Crippen molar-refractivity contribution in [3.8, 4) is 5.75 Å². The molecule has 0 aliphatic carbocycles. The van der Waals surface area contributed by atoms with Crippen molar-refractivity contribution < 1.29 is 9.47 Å². The van der Waals surface area contributed by atoms with Crippen LogP contribution in [0.3, 0.4) is 0 Å². The Morgan fingerprint density at radius 1 is 1.39 bits per heavy atom. The molecule has 2 atom stereocenters. The van der Waals surface area contributed by atoms with Crippen molar-refractivity contribution in [2.45, 2.75) is 45.4 Å². The van der Waals surface area contributed by atoms with Crippen LogP contribution in [0.15, 0.2) is 24.3 Å². The van der Waals surface area contributed by atoms with Crippen LogP contribution in [0.1, 0.15) is 32.3 Å². The van der Waals surface area contributed by atoms with Gasteiger partial charge < -0.3 is 14.8 Å². The minimum Gasteiger partial charge on any atom is -0.494 e. The molecule has 3 heteroatoms. The van der Waals surface area contributed by atoms with E-state index in [0.29, 0.717) is 18.8 Å². The standard InChI is InChI=1S/C15H23NO2/c1-3-17-14-8-6-13(7-9-14)11-16-12(2)15-5-4-10-18-15/h6-9,12,15-16H,3-5,10-11H2,1-2H3. The Balaban J connectivity index is 1.78. The van der Waals surface area contributed by atoms with E-state index in [-0.39, 0.29) is 0 Å². The molecule has 1 heterocycles. The molecule has 1 N–H and O–H groups in total.